The second-order valence-corrected chi connectivity index (χ2v) is 13.6. The van der Waals surface area contributed by atoms with E-state index in [9.17, 15) is 14.4 Å². The summed E-state index contributed by atoms with van der Waals surface area (Å²) in [6.45, 7) is 6.35. The molecule has 0 saturated heterocycles. The predicted octanol–water partition coefficient (Wildman–Crippen LogP) is 13.0. The lowest BCUT2D eigenvalue weighted by atomic mass is 10.1. The largest absolute Gasteiger partial charge is 0.462 e. The Labute approximate surface area is 313 Å². The summed E-state index contributed by atoms with van der Waals surface area (Å²) in [4.78, 5) is 37.5. The highest BCUT2D eigenvalue weighted by atomic mass is 16.6. The molecule has 6 heteroatoms. The Kier molecular flexibility index (Phi) is 37.6. The topological polar surface area (TPSA) is 78.9 Å². The number of unbranched alkanes of at least 4 members (excludes halogenated alkanes) is 17. The van der Waals surface area contributed by atoms with E-state index in [-0.39, 0.29) is 31.1 Å². The highest BCUT2D eigenvalue weighted by Crippen LogP contribution is 2.12. The Morgan fingerprint density at radius 1 is 0.412 bits per heavy atom. The van der Waals surface area contributed by atoms with E-state index < -0.39 is 6.10 Å². The number of carbonyl (C=O) groups is 3. The van der Waals surface area contributed by atoms with Crippen LogP contribution in [0.15, 0.2) is 60.8 Å². The van der Waals surface area contributed by atoms with Crippen LogP contribution in [0, 0.1) is 0 Å². The molecule has 0 aliphatic rings. The predicted molar refractivity (Wildman–Crippen MR) is 215 cm³/mol. The molecule has 292 valence electrons. The van der Waals surface area contributed by atoms with Gasteiger partial charge >= 0.3 is 17.9 Å². The number of ether oxygens (including phenoxy) is 3. The molecule has 0 aliphatic heterocycles. The van der Waals surface area contributed by atoms with Crippen LogP contribution in [-0.2, 0) is 28.6 Å². The van der Waals surface area contributed by atoms with Crippen molar-refractivity contribution in [1.29, 1.82) is 0 Å². The monoisotopic (exact) mass is 713 g/mol. The van der Waals surface area contributed by atoms with Crippen LogP contribution in [0.25, 0.3) is 0 Å². The molecule has 0 amide bonds. The summed E-state index contributed by atoms with van der Waals surface area (Å²) in [6, 6.07) is 0. The maximum absolute atomic E-state index is 12.6. The molecule has 51 heavy (non-hydrogen) atoms. The lowest BCUT2D eigenvalue weighted by Crippen LogP contribution is -2.30. The van der Waals surface area contributed by atoms with E-state index in [1.807, 2.05) is 6.08 Å². The first-order chi connectivity index (χ1) is 25.0. The van der Waals surface area contributed by atoms with Crippen LogP contribution in [0.2, 0.25) is 0 Å². The summed E-state index contributed by atoms with van der Waals surface area (Å²) in [7, 11) is 0. The Hall–Kier alpha value is -2.89. The van der Waals surface area contributed by atoms with Gasteiger partial charge in [0, 0.05) is 19.3 Å². The minimum Gasteiger partial charge on any atom is -0.462 e. The third kappa shape index (κ3) is 38.2. The van der Waals surface area contributed by atoms with Crippen molar-refractivity contribution in [3.63, 3.8) is 0 Å². The minimum atomic E-state index is -0.788. The summed E-state index contributed by atoms with van der Waals surface area (Å²) in [6.07, 6.45) is 46.3. The Morgan fingerprint density at radius 3 is 1.24 bits per heavy atom. The van der Waals surface area contributed by atoms with Crippen LogP contribution in [0.5, 0.6) is 0 Å². The van der Waals surface area contributed by atoms with Gasteiger partial charge in [-0.3, -0.25) is 14.4 Å². The zero-order valence-corrected chi connectivity index (χ0v) is 33.1. The van der Waals surface area contributed by atoms with Crippen molar-refractivity contribution in [2.24, 2.45) is 0 Å². The molecule has 0 bridgehead atoms. The smallest absolute Gasteiger partial charge is 0.306 e. The van der Waals surface area contributed by atoms with Gasteiger partial charge in [0.05, 0.1) is 0 Å². The molecular weight excluding hydrogens is 636 g/mol. The number of esters is 3. The van der Waals surface area contributed by atoms with Gasteiger partial charge in [-0.25, -0.2) is 0 Å². The number of hydrogen-bond acceptors (Lipinski definition) is 6. The number of allylic oxidation sites excluding steroid dienone is 10. The molecule has 0 aromatic rings. The molecule has 0 N–H and O–H groups in total. The van der Waals surface area contributed by atoms with Gasteiger partial charge in [0.25, 0.3) is 0 Å². The lowest BCUT2D eigenvalue weighted by Gasteiger charge is -2.18. The zero-order valence-electron chi connectivity index (χ0n) is 33.1. The molecule has 1 atom stereocenters. The molecule has 0 fully saturated rings. The van der Waals surface area contributed by atoms with Gasteiger partial charge in [0.1, 0.15) is 13.2 Å². The molecule has 0 radical (unpaired) electrons. The average Bonchev–Trinajstić information content (AvgIpc) is 3.12. The van der Waals surface area contributed by atoms with Gasteiger partial charge in [-0.2, -0.15) is 0 Å². The first-order valence-electron chi connectivity index (χ1n) is 20.8. The van der Waals surface area contributed by atoms with Gasteiger partial charge in [0.15, 0.2) is 6.10 Å². The molecule has 0 rings (SSSR count). The quantitative estimate of drug-likeness (QED) is 0.0211. The minimum absolute atomic E-state index is 0.0928. The fourth-order valence-corrected chi connectivity index (χ4v) is 5.34. The zero-order chi connectivity index (χ0) is 37.3. The van der Waals surface area contributed by atoms with Crippen molar-refractivity contribution in [3.8, 4) is 0 Å². The van der Waals surface area contributed by atoms with Gasteiger partial charge < -0.3 is 14.2 Å². The molecule has 0 heterocycles. The molecule has 1 unspecified atom stereocenters. The fraction of sp³-hybridized carbons (Fsp3) is 0.711. The van der Waals surface area contributed by atoms with Crippen LogP contribution in [0.4, 0.5) is 0 Å². The Morgan fingerprint density at radius 2 is 0.784 bits per heavy atom. The van der Waals surface area contributed by atoms with Crippen molar-refractivity contribution >= 4 is 17.9 Å². The van der Waals surface area contributed by atoms with Crippen molar-refractivity contribution in [3.05, 3.63) is 60.8 Å². The van der Waals surface area contributed by atoms with E-state index in [1.165, 1.54) is 25.7 Å². The van der Waals surface area contributed by atoms with Gasteiger partial charge in [-0.1, -0.05) is 152 Å². The molecule has 0 aliphatic carbocycles. The van der Waals surface area contributed by atoms with E-state index in [0.717, 1.165) is 122 Å². The SMILES string of the molecule is CC\C=C/C=C\C=C/CCCCCCCC(=O)OCC(COC(=O)CCCCCC/C=C\CCCC)OC(=O)CCCCCC/C=C\CCCC. The third-order valence-corrected chi connectivity index (χ3v) is 8.54. The first-order valence-corrected chi connectivity index (χ1v) is 20.8. The van der Waals surface area contributed by atoms with Gasteiger partial charge in [-0.15, -0.1) is 0 Å². The van der Waals surface area contributed by atoms with E-state index in [0.29, 0.717) is 19.3 Å². The number of carbonyl (C=O) groups excluding carboxylic acids is 3. The maximum Gasteiger partial charge on any atom is 0.306 e. The van der Waals surface area contributed by atoms with E-state index in [2.05, 4.69) is 75.5 Å². The maximum atomic E-state index is 12.6. The Bertz CT molecular complexity index is 960. The molecule has 0 aromatic heterocycles. The van der Waals surface area contributed by atoms with Crippen LogP contribution < -0.4 is 0 Å². The molecule has 0 saturated carbocycles. The molecular formula is C45H76O6. The normalized spacial score (nSPS) is 12.6. The third-order valence-electron chi connectivity index (χ3n) is 8.54. The van der Waals surface area contributed by atoms with Crippen LogP contribution in [-0.4, -0.2) is 37.2 Å². The number of rotatable bonds is 36. The summed E-state index contributed by atoms with van der Waals surface area (Å²) < 4.78 is 16.6. The summed E-state index contributed by atoms with van der Waals surface area (Å²) >= 11 is 0. The van der Waals surface area contributed by atoms with Crippen molar-refractivity contribution in [2.75, 3.05) is 13.2 Å². The van der Waals surface area contributed by atoms with Crippen LogP contribution in [0.1, 0.15) is 188 Å². The second kappa shape index (κ2) is 39.9. The van der Waals surface area contributed by atoms with Crippen LogP contribution >= 0.6 is 0 Å². The lowest BCUT2D eigenvalue weighted by molar-refractivity contribution is -0.167. The van der Waals surface area contributed by atoms with E-state index in [4.69, 9.17) is 14.2 Å². The standard InChI is InChI=1S/C45H76O6/c1-4-7-10-13-16-19-22-23-24-27-29-32-35-38-44(47)50-41-42(51-45(48)39-36-33-30-26-21-18-15-12-9-6-3)40-49-43(46)37-34-31-28-25-20-17-14-11-8-5-2/h7,10,13-19,22,42H,4-6,8-9,11-12,20-21,23-41H2,1-3H3/b10-7-,16-13-,17-14-,18-15-,22-19-. The van der Waals surface area contributed by atoms with Crippen LogP contribution in [0.3, 0.4) is 0 Å². The fourth-order valence-electron chi connectivity index (χ4n) is 5.34. The number of hydrogen-bond donors (Lipinski definition) is 0. The molecule has 6 nitrogen and oxygen atoms in total. The molecule has 0 spiro atoms. The molecule has 0 aromatic carbocycles. The summed E-state index contributed by atoms with van der Waals surface area (Å²) in [5, 5.41) is 0. The highest BCUT2D eigenvalue weighted by molar-refractivity contribution is 5.71. The van der Waals surface area contributed by atoms with Gasteiger partial charge in [0.2, 0.25) is 0 Å². The van der Waals surface area contributed by atoms with Crippen molar-refractivity contribution in [2.45, 2.75) is 194 Å². The van der Waals surface area contributed by atoms with Crippen molar-refractivity contribution in [1.82, 2.24) is 0 Å². The highest BCUT2D eigenvalue weighted by Gasteiger charge is 2.19. The Balaban J connectivity index is 4.44. The van der Waals surface area contributed by atoms with Gasteiger partial charge in [-0.05, 0) is 77.0 Å². The second-order valence-electron chi connectivity index (χ2n) is 13.6. The van der Waals surface area contributed by atoms with E-state index >= 15 is 0 Å². The van der Waals surface area contributed by atoms with E-state index in [1.54, 1.807) is 0 Å². The van der Waals surface area contributed by atoms with Crippen molar-refractivity contribution < 1.29 is 28.6 Å². The summed E-state index contributed by atoms with van der Waals surface area (Å²) in [5.74, 6) is -0.950. The average molecular weight is 713 g/mol. The summed E-state index contributed by atoms with van der Waals surface area (Å²) in [5.41, 5.74) is 0. The first kappa shape index (κ1) is 48.1.